The number of aromatic nitrogens is 3. The van der Waals surface area contributed by atoms with E-state index in [1.54, 1.807) is 10.7 Å². The van der Waals surface area contributed by atoms with Crippen molar-refractivity contribution in [1.82, 2.24) is 19.1 Å². The topological polar surface area (TPSA) is 66.3 Å². The third-order valence-corrected chi connectivity index (χ3v) is 4.94. The highest BCUT2D eigenvalue weighted by atomic mass is 16.1. The van der Waals surface area contributed by atoms with Gasteiger partial charge in [0, 0.05) is 50.1 Å². The molecule has 0 saturated heterocycles. The molecule has 4 heterocycles. The number of fused-ring (bicyclic) bond motifs is 2. The molecule has 0 unspecified atom stereocenters. The van der Waals surface area contributed by atoms with Crippen molar-refractivity contribution >= 4 is 5.52 Å². The molecule has 1 aliphatic heterocycles. The summed E-state index contributed by atoms with van der Waals surface area (Å²) < 4.78 is 3.55. The third-order valence-electron chi connectivity index (χ3n) is 4.94. The Labute approximate surface area is 151 Å². The van der Waals surface area contributed by atoms with Gasteiger partial charge in [-0.3, -0.25) is 9.69 Å². The Balaban J connectivity index is 1.62. The zero-order chi connectivity index (χ0) is 18.3. The van der Waals surface area contributed by atoms with Crippen LogP contribution in [0.25, 0.3) is 5.52 Å². The fourth-order valence-corrected chi connectivity index (χ4v) is 3.65. The third kappa shape index (κ3) is 2.80. The summed E-state index contributed by atoms with van der Waals surface area (Å²) in [5.41, 5.74) is 4.64. The predicted octanol–water partition coefficient (Wildman–Crippen LogP) is 2.51. The number of rotatable bonds is 3. The summed E-state index contributed by atoms with van der Waals surface area (Å²) in [6, 6.07) is 10.00. The highest BCUT2D eigenvalue weighted by molar-refractivity contribution is 5.65. The summed E-state index contributed by atoms with van der Waals surface area (Å²) in [4.78, 5) is 14.5. The molecule has 6 nitrogen and oxygen atoms in total. The van der Waals surface area contributed by atoms with E-state index in [9.17, 15) is 10.1 Å². The largest absolute Gasteiger partial charge is 0.322 e. The molecule has 0 atom stereocenters. The summed E-state index contributed by atoms with van der Waals surface area (Å²) in [6.07, 6.45) is 4.81. The van der Waals surface area contributed by atoms with Gasteiger partial charge in [0.15, 0.2) is 0 Å². The Bertz CT molecular complexity index is 1070. The smallest absolute Gasteiger partial charge is 0.267 e. The van der Waals surface area contributed by atoms with Crippen molar-refractivity contribution in [3.63, 3.8) is 0 Å². The van der Waals surface area contributed by atoms with Crippen molar-refractivity contribution in [2.75, 3.05) is 6.54 Å². The Morgan fingerprint density at radius 3 is 2.96 bits per heavy atom. The lowest BCUT2D eigenvalue weighted by Gasteiger charge is -2.28. The van der Waals surface area contributed by atoms with E-state index in [4.69, 9.17) is 0 Å². The van der Waals surface area contributed by atoms with Gasteiger partial charge in [-0.15, -0.1) is 0 Å². The monoisotopic (exact) mass is 347 g/mol. The summed E-state index contributed by atoms with van der Waals surface area (Å²) >= 11 is 0. The van der Waals surface area contributed by atoms with Crippen molar-refractivity contribution < 1.29 is 0 Å². The van der Waals surface area contributed by atoms with E-state index in [1.165, 1.54) is 0 Å². The first-order chi connectivity index (χ1) is 12.6. The molecular weight excluding hydrogens is 326 g/mol. The maximum absolute atomic E-state index is 12.3. The minimum Gasteiger partial charge on any atom is -0.322 e. The van der Waals surface area contributed by atoms with Gasteiger partial charge in [0.1, 0.15) is 6.07 Å². The summed E-state index contributed by atoms with van der Waals surface area (Å²) in [5, 5.41) is 14.1. The van der Waals surface area contributed by atoms with Crippen molar-refractivity contribution in [2.45, 2.75) is 39.4 Å². The van der Waals surface area contributed by atoms with Crippen LogP contribution in [0.4, 0.5) is 0 Å². The lowest BCUT2D eigenvalue weighted by atomic mass is 10.1. The number of nitrogens with zero attached hydrogens (tertiary/aromatic N) is 5. The molecule has 0 aliphatic carbocycles. The minimum atomic E-state index is -0.0482. The molecule has 0 radical (unpaired) electrons. The molecule has 0 saturated carbocycles. The first kappa shape index (κ1) is 16.6. The first-order valence-electron chi connectivity index (χ1n) is 8.89. The summed E-state index contributed by atoms with van der Waals surface area (Å²) in [7, 11) is 0. The standard InChI is InChI=1S/C20H21N5O/c1-14(2)25-20(26)9-15-11-23(8-6-18(15)22-25)12-16-13-24-7-4-3-5-19(24)17(16)10-21/h3-5,7,9,13-14H,6,8,11-12H2,1-2H3. The first-order valence-corrected chi connectivity index (χ1v) is 8.89. The van der Waals surface area contributed by atoms with Crippen molar-refractivity contribution in [3.05, 3.63) is 69.4 Å². The Morgan fingerprint density at radius 1 is 1.35 bits per heavy atom. The minimum absolute atomic E-state index is 0.0482. The summed E-state index contributed by atoms with van der Waals surface area (Å²) in [6.45, 7) is 6.19. The molecule has 3 aromatic rings. The molecule has 26 heavy (non-hydrogen) atoms. The van der Waals surface area contributed by atoms with E-state index in [0.717, 1.165) is 40.9 Å². The van der Waals surface area contributed by atoms with Gasteiger partial charge < -0.3 is 4.40 Å². The molecule has 0 amide bonds. The molecular formula is C20H21N5O. The van der Waals surface area contributed by atoms with Crippen LogP contribution >= 0.6 is 0 Å². The second-order valence-electron chi connectivity index (χ2n) is 7.09. The van der Waals surface area contributed by atoms with E-state index < -0.39 is 0 Å². The van der Waals surface area contributed by atoms with E-state index in [0.29, 0.717) is 13.1 Å². The van der Waals surface area contributed by atoms with Gasteiger partial charge in [-0.2, -0.15) is 10.4 Å². The van der Waals surface area contributed by atoms with Crippen LogP contribution in [-0.2, 0) is 19.5 Å². The van der Waals surface area contributed by atoms with E-state index in [-0.39, 0.29) is 11.6 Å². The molecule has 0 bridgehead atoms. The maximum atomic E-state index is 12.3. The second kappa shape index (κ2) is 6.43. The van der Waals surface area contributed by atoms with E-state index in [2.05, 4.69) is 16.1 Å². The Hall–Kier alpha value is -2.91. The fraction of sp³-hybridized carbons (Fsp3) is 0.350. The van der Waals surface area contributed by atoms with Gasteiger partial charge in [-0.25, -0.2) is 4.68 Å². The van der Waals surface area contributed by atoms with Crippen LogP contribution in [0.1, 0.15) is 42.3 Å². The van der Waals surface area contributed by atoms with Gasteiger partial charge in [0.05, 0.1) is 22.8 Å². The summed E-state index contributed by atoms with van der Waals surface area (Å²) in [5.74, 6) is 0. The molecule has 3 aromatic heterocycles. The molecule has 1 aliphatic rings. The van der Waals surface area contributed by atoms with Crippen molar-refractivity contribution in [1.29, 1.82) is 5.26 Å². The molecule has 132 valence electrons. The van der Waals surface area contributed by atoms with Gasteiger partial charge in [0.25, 0.3) is 5.56 Å². The highest BCUT2D eigenvalue weighted by Crippen LogP contribution is 2.23. The molecule has 0 N–H and O–H groups in total. The van der Waals surface area contributed by atoms with Crippen LogP contribution in [0, 0.1) is 11.3 Å². The molecule has 6 heteroatoms. The van der Waals surface area contributed by atoms with Crippen LogP contribution in [0.15, 0.2) is 41.5 Å². The van der Waals surface area contributed by atoms with Gasteiger partial charge in [0.2, 0.25) is 0 Å². The van der Waals surface area contributed by atoms with Crippen molar-refractivity contribution in [2.24, 2.45) is 0 Å². The van der Waals surface area contributed by atoms with Crippen LogP contribution in [0.2, 0.25) is 0 Å². The molecule has 4 rings (SSSR count). The zero-order valence-electron chi connectivity index (χ0n) is 15.0. The highest BCUT2D eigenvalue weighted by Gasteiger charge is 2.21. The van der Waals surface area contributed by atoms with Crippen LogP contribution < -0.4 is 5.56 Å². The fourth-order valence-electron chi connectivity index (χ4n) is 3.65. The maximum Gasteiger partial charge on any atom is 0.267 e. The van der Waals surface area contributed by atoms with Crippen LogP contribution in [-0.4, -0.2) is 25.6 Å². The van der Waals surface area contributed by atoms with Crippen LogP contribution in [0.5, 0.6) is 0 Å². The SMILES string of the molecule is CC(C)n1nc2c(cc1=O)CN(Cc1cn3ccccc3c1C#N)CC2. The Morgan fingerprint density at radius 2 is 2.19 bits per heavy atom. The van der Waals surface area contributed by atoms with Crippen LogP contribution in [0.3, 0.4) is 0 Å². The number of hydrogen-bond acceptors (Lipinski definition) is 4. The molecule has 0 spiro atoms. The van der Waals surface area contributed by atoms with Crippen molar-refractivity contribution in [3.8, 4) is 6.07 Å². The lowest BCUT2D eigenvalue weighted by Crippen LogP contribution is -2.35. The molecule has 0 aromatic carbocycles. The van der Waals surface area contributed by atoms with Gasteiger partial charge >= 0.3 is 0 Å². The van der Waals surface area contributed by atoms with Gasteiger partial charge in [-0.1, -0.05) is 6.07 Å². The Kier molecular flexibility index (Phi) is 4.09. The normalized spacial score (nSPS) is 14.5. The number of nitriles is 1. The van der Waals surface area contributed by atoms with E-state index >= 15 is 0 Å². The quantitative estimate of drug-likeness (QED) is 0.730. The van der Waals surface area contributed by atoms with E-state index in [1.807, 2.05) is 48.8 Å². The zero-order valence-corrected chi connectivity index (χ0v) is 15.0. The predicted molar refractivity (Wildman–Crippen MR) is 98.8 cm³/mol. The average Bonchev–Trinajstić information content (AvgIpc) is 2.97. The second-order valence-corrected chi connectivity index (χ2v) is 7.09. The number of pyridine rings is 1. The number of hydrogen-bond donors (Lipinski definition) is 0. The average molecular weight is 347 g/mol. The van der Waals surface area contributed by atoms with Gasteiger partial charge in [-0.05, 0) is 31.5 Å². The lowest BCUT2D eigenvalue weighted by molar-refractivity contribution is 0.240. The molecule has 0 fully saturated rings.